The molecule has 0 aromatic heterocycles. The Balaban J connectivity index is 1.96. The van der Waals surface area contributed by atoms with Gasteiger partial charge in [0.2, 0.25) is 0 Å². The molecule has 2 aromatic rings. The summed E-state index contributed by atoms with van der Waals surface area (Å²) in [6, 6.07) is 14.1. The number of hydrogen-bond donors (Lipinski definition) is 1. The number of nitrogens with one attached hydrogen (secondary N) is 1. The standard InChI is InChI=1S/C20H23ClN2O2/c1-3-4-13-23(2)20(25)16-11-9-15(10-12-16)19(24)22-14-17-7-5-6-8-18(17)21/h5-12H,3-4,13-14H2,1-2H3,(H,22,24). The van der Waals surface area contributed by atoms with E-state index in [1.54, 1.807) is 42.3 Å². The Morgan fingerprint density at radius 2 is 1.68 bits per heavy atom. The highest BCUT2D eigenvalue weighted by atomic mass is 35.5. The first-order chi connectivity index (χ1) is 12.0. The molecule has 0 aliphatic carbocycles. The molecule has 0 bridgehead atoms. The van der Waals surface area contributed by atoms with Gasteiger partial charge < -0.3 is 10.2 Å². The third-order valence-corrected chi connectivity index (χ3v) is 4.35. The SMILES string of the molecule is CCCCN(C)C(=O)c1ccc(C(=O)NCc2ccccc2Cl)cc1. The first-order valence-electron chi connectivity index (χ1n) is 8.40. The Kier molecular flexibility index (Phi) is 7.02. The van der Waals surface area contributed by atoms with E-state index in [-0.39, 0.29) is 11.8 Å². The van der Waals surface area contributed by atoms with Crippen molar-refractivity contribution < 1.29 is 9.59 Å². The number of hydrogen-bond acceptors (Lipinski definition) is 2. The van der Waals surface area contributed by atoms with E-state index in [1.807, 2.05) is 18.2 Å². The summed E-state index contributed by atoms with van der Waals surface area (Å²) >= 11 is 6.08. The zero-order valence-electron chi connectivity index (χ0n) is 14.6. The number of nitrogens with zero attached hydrogens (tertiary/aromatic N) is 1. The van der Waals surface area contributed by atoms with Crippen molar-refractivity contribution in [3.05, 3.63) is 70.2 Å². The van der Waals surface area contributed by atoms with Crippen molar-refractivity contribution in [2.24, 2.45) is 0 Å². The predicted molar refractivity (Wildman–Crippen MR) is 101 cm³/mol. The van der Waals surface area contributed by atoms with Gasteiger partial charge in [0, 0.05) is 36.3 Å². The minimum atomic E-state index is -0.196. The molecule has 0 saturated carbocycles. The van der Waals surface area contributed by atoms with Crippen LogP contribution in [-0.4, -0.2) is 30.3 Å². The van der Waals surface area contributed by atoms with Crippen molar-refractivity contribution in [2.75, 3.05) is 13.6 Å². The minimum absolute atomic E-state index is 0.0310. The van der Waals surface area contributed by atoms with Gasteiger partial charge in [-0.25, -0.2) is 0 Å². The van der Waals surface area contributed by atoms with Crippen molar-refractivity contribution in [3.63, 3.8) is 0 Å². The van der Waals surface area contributed by atoms with E-state index in [0.717, 1.165) is 24.9 Å². The molecule has 2 rings (SSSR count). The van der Waals surface area contributed by atoms with Crippen LogP contribution >= 0.6 is 11.6 Å². The number of amides is 2. The van der Waals surface area contributed by atoms with Crippen LogP contribution < -0.4 is 5.32 Å². The molecule has 0 heterocycles. The molecule has 0 fully saturated rings. The van der Waals surface area contributed by atoms with E-state index in [2.05, 4.69) is 12.2 Å². The molecule has 0 spiro atoms. The van der Waals surface area contributed by atoms with Gasteiger partial charge in [0.25, 0.3) is 11.8 Å². The van der Waals surface area contributed by atoms with Crippen LogP contribution in [0.5, 0.6) is 0 Å². The lowest BCUT2D eigenvalue weighted by Gasteiger charge is -2.16. The van der Waals surface area contributed by atoms with Gasteiger partial charge in [0.1, 0.15) is 0 Å². The Hall–Kier alpha value is -2.33. The summed E-state index contributed by atoms with van der Waals surface area (Å²) in [5.74, 6) is -0.227. The lowest BCUT2D eigenvalue weighted by atomic mass is 10.1. The largest absolute Gasteiger partial charge is 0.348 e. The molecule has 0 aliphatic rings. The smallest absolute Gasteiger partial charge is 0.253 e. The molecule has 0 saturated heterocycles. The normalized spacial score (nSPS) is 10.4. The third-order valence-electron chi connectivity index (χ3n) is 3.99. The Labute approximate surface area is 153 Å². The lowest BCUT2D eigenvalue weighted by molar-refractivity contribution is 0.0792. The molecular weight excluding hydrogens is 336 g/mol. The quantitative estimate of drug-likeness (QED) is 0.808. The van der Waals surface area contributed by atoms with Gasteiger partial charge in [-0.3, -0.25) is 9.59 Å². The van der Waals surface area contributed by atoms with Crippen LogP contribution in [0.1, 0.15) is 46.0 Å². The predicted octanol–water partition coefficient (Wildman–Crippen LogP) is 4.14. The maximum Gasteiger partial charge on any atom is 0.253 e. The number of halogens is 1. The fourth-order valence-electron chi connectivity index (χ4n) is 2.40. The van der Waals surface area contributed by atoms with Crippen molar-refractivity contribution in [2.45, 2.75) is 26.3 Å². The van der Waals surface area contributed by atoms with Gasteiger partial charge in [0.15, 0.2) is 0 Å². The van der Waals surface area contributed by atoms with Gasteiger partial charge in [-0.15, -0.1) is 0 Å². The van der Waals surface area contributed by atoms with Crippen LogP contribution in [-0.2, 0) is 6.54 Å². The summed E-state index contributed by atoms with van der Waals surface area (Å²) in [5.41, 5.74) is 1.96. The fourth-order valence-corrected chi connectivity index (χ4v) is 2.60. The molecule has 1 N–H and O–H groups in total. The summed E-state index contributed by atoms with van der Waals surface area (Å²) in [4.78, 5) is 26.2. The second kappa shape index (κ2) is 9.23. The molecular formula is C20H23ClN2O2. The first-order valence-corrected chi connectivity index (χ1v) is 8.78. The molecule has 4 nitrogen and oxygen atoms in total. The van der Waals surface area contributed by atoms with E-state index < -0.39 is 0 Å². The molecule has 5 heteroatoms. The Bertz CT molecular complexity index is 729. The fraction of sp³-hybridized carbons (Fsp3) is 0.300. The number of rotatable bonds is 7. The maximum absolute atomic E-state index is 12.3. The van der Waals surface area contributed by atoms with Crippen molar-refractivity contribution in [1.29, 1.82) is 0 Å². The van der Waals surface area contributed by atoms with Crippen LogP contribution in [0.4, 0.5) is 0 Å². The summed E-state index contributed by atoms with van der Waals surface area (Å²) in [5, 5.41) is 3.46. The average molecular weight is 359 g/mol. The topological polar surface area (TPSA) is 49.4 Å². The monoisotopic (exact) mass is 358 g/mol. The zero-order valence-corrected chi connectivity index (χ0v) is 15.3. The van der Waals surface area contributed by atoms with Gasteiger partial charge in [-0.05, 0) is 42.3 Å². The Morgan fingerprint density at radius 1 is 1.04 bits per heavy atom. The van der Waals surface area contributed by atoms with E-state index in [1.165, 1.54) is 0 Å². The molecule has 0 radical (unpaired) electrons. The van der Waals surface area contributed by atoms with Crippen molar-refractivity contribution in [3.8, 4) is 0 Å². The molecule has 0 atom stereocenters. The molecule has 2 aromatic carbocycles. The number of carbonyl (C=O) groups is 2. The average Bonchev–Trinajstić information content (AvgIpc) is 2.64. The highest BCUT2D eigenvalue weighted by molar-refractivity contribution is 6.31. The van der Waals surface area contributed by atoms with Crippen LogP contribution in [0.15, 0.2) is 48.5 Å². The van der Waals surface area contributed by atoms with Crippen molar-refractivity contribution in [1.82, 2.24) is 10.2 Å². The maximum atomic E-state index is 12.3. The minimum Gasteiger partial charge on any atom is -0.348 e. The zero-order chi connectivity index (χ0) is 18.2. The highest BCUT2D eigenvalue weighted by Crippen LogP contribution is 2.15. The number of benzene rings is 2. The van der Waals surface area contributed by atoms with Crippen LogP contribution in [0.25, 0.3) is 0 Å². The second-order valence-corrected chi connectivity index (χ2v) is 6.34. The van der Waals surface area contributed by atoms with Gasteiger partial charge >= 0.3 is 0 Å². The summed E-state index contributed by atoms with van der Waals surface area (Å²) in [6.07, 6.45) is 2.02. The summed E-state index contributed by atoms with van der Waals surface area (Å²) in [7, 11) is 1.79. The summed E-state index contributed by atoms with van der Waals surface area (Å²) in [6.45, 7) is 3.18. The van der Waals surface area contributed by atoms with E-state index in [0.29, 0.717) is 22.7 Å². The van der Waals surface area contributed by atoms with Crippen molar-refractivity contribution >= 4 is 23.4 Å². The molecule has 0 unspecified atom stereocenters. The van der Waals surface area contributed by atoms with E-state index in [4.69, 9.17) is 11.6 Å². The first kappa shape index (κ1) is 19.0. The molecule has 2 amide bonds. The molecule has 0 aliphatic heterocycles. The lowest BCUT2D eigenvalue weighted by Crippen LogP contribution is -2.28. The highest BCUT2D eigenvalue weighted by Gasteiger charge is 2.12. The van der Waals surface area contributed by atoms with Crippen LogP contribution in [0.2, 0.25) is 5.02 Å². The molecule has 132 valence electrons. The molecule has 25 heavy (non-hydrogen) atoms. The van der Waals surface area contributed by atoms with Gasteiger partial charge in [0.05, 0.1) is 0 Å². The number of unbranched alkanes of at least 4 members (excludes halogenated alkanes) is 1. The second-order valence-electron chi connectivity index (χ2n) is 5.93. The van der Waals surface area contributed by atoms with Crippen LogP contribution in [0, 0.1) is 0 Å². The van der Waals surface area contributed by atoms with E-state index >= 15 is 0 Å². The number of carbonyl (C=O) groups excluding carboxylic acids is 2. The van der Waals surface area contributed by atoms with Gasteiger partial charge in [-0.1, -0.05) is 43.1 Å². The Morgan fingerprint density at radius 3 is 2.32 bits per heavy atom. The van der Waals surface area contributed by atoms with E-state index in [9.17, 15) is 9.59 Å². The van der Waals surface area contributed by atoms with Gasteiger partial charge in [-0.2, -0.15) is 0 Å². The summed E-state index contributed by atoms with van der Waals surface area (Å²) < 4.78 is 0. The third kappa shape index (κ3) is 5.33. The van der Waals surface area contributed by atoms with Crippen LogP contribution in [0.3, 0.4) is 0 Å².